The average Bonchev–Trinajstić information content (AvgIpc) is 3.29. The number of nitrogens with two attached hydrogens (primary N) is 1. The van der Waals surface area contributed by atoms with Crippen molar-refractivity contribution in [2.45, 2.75) is 51.2 Å². The summed E-state index contributed by atoms with van der Waals surface area (Å²) in [4.78, 5) is 29.0. The maximum atomic E-state index is 15.0. The van der Waals surface area contributed by atoms with E-state index in [0.29, 0.717) is 43.7 Å². The van der Waals surface area contributed by atoms with Crippen molar-refractivity contribution in [2.75, 3.05) is 37.7 Å². The Morgan fingerprint density at radius 1 is 1.32 bits per heavy atom. The molecule has 2 aromatic heterocycles. The Morgan fingerprint density at radius 3 is 2.88 bits per heavy atom. The van der Waals surface area contributed by atoms with Gasteiger partial charge in [-0.25, -0.2) is 13.8 Å². The molecular weight excluding hydrogens is 466 g/mol. The monoisotopic (exact) mass is 494 g/mol. The van der Waals surface area contributed by atoms with E-state index in [1.165, 1.54) is 6.20 Å². The zero-order valence-corrected chi connectivity index (χ0v) is 20.1. The second kappa shape index (κ2) is 8.41. The number of ether oxygens (including phenoxy) is 1. The van der Waals surface area contributed by atoms with Crippen LogP contribution in [0.2, 0.25) is 5.15 Å². The highest BCUT2D eigenvalue weighted by molar-refractivity contribution is 6.30. The minimum Gasteiger partial charge on any atom is -0.461 e. The molecule has 0 saturated carbocycles. The zero-order chi connectivity index (χ0) is 24.3. The molecule has 0 radical (unpaired) electrons. The maximum absolute atomic E-state index is 15.0. The van der Waals surface area contributed by atoms with Crippen LogP contribution in [0.25, 0.3) is 10.9 Å². The normalized spacial score (nSPS) is 28.9. The quantitative estimate of drug-likeness (QED) is 0.638. The fraction of sp³-hybridized carbons (Fsp3) is 0.652. The third-order valence-electron chi connectivity index (χ3n) is 7.39. The van der Waals surface area contributed by atoms with Crippen molar-refractivity contribution in [3.63, 3.8) is 0 Å². The highest BCUT2D eigenvalue weighted by Gasteiger charge is 2.49. The predicted molar refractivity (Wildman–Crippen MR) is 124 cm³/mol. The molecule has 3 aliphatic heterocycles. The lowest BCUT2D eigenvalue weighted by atomic mass is 9.78. The molecule has 5 heterocycles. The number of carbonyl (C=O) groups excluding carboxylic acids is 1. The van der Waals surface area contributed by atoms with Gasteiger partial charge in [0.2, 0.25) is 5.91 Å². The molecule has 1 unspecified atom stereocenters. The Hall–Kier alpha value is -2.33. The topological polar surface area (TPSA) is 97.5 Å². The number of rotatable bonds is 5. The zero-order valence-electron chi connectivity index (χ0n) is 19.4. The van der Waals surface area contributed by atoms with Crippen LogP contribution in [0.5, 0.6) is 6.01 Å². The van der Waals surface area contributed by atoms with Crippen molar-refractivity contribution >= 4 is 34.2 Å². The van der Waals surface area contributed by atoms with Crippen molar-refractivity contribution < 1.29 is 18.3 Å². The lowest BCUT2D eigenvalue weighted by molar-refractivity contribution is -0.123. The number of nitrogens with zero attached hydrogens (tertiary/aromatic N) is 5. The van der Waals surface area contributed by atoms with Crippen molar-refractivity contribution in [3.8, 4) is 6.01 Å². The van der Waals surface area contributed by atoms with Crippen LogP contribution in [0.3, 0.4) is 0 Å². The largest absolute Gasteiger partial charge is 0.461 e. The molecule has 3 atom stereocenters. The Balaban J connectivity index is 1.52. The van der Waals surface area contributed by atoms with Gasteiger partial charge in [-0.15, -0.1) is 0 Å². The summed E-state index contributed by atoms with van der Waals surface area (Å²) >= 11 is 5.95. The molecule has 1 amide bonds. The molecule has 184 valence electrons. The minimum absolute atomic E-state index is 0.00503. The van der Waals surface area contributed by atoms with Gasteiger partial charge in [-0.2, -0.15) is 9.97 Å². The van der Waals surface area contributed by atoms with Gasteiger partial charge in [0.25, 0.3) is 0 Å². The van der Waals surface area contributed by atoms with Gasteiger partial charge in [-0.1, -0.05) is 25.4 Å². The average molecular weight is 495 g/mol. The summed E-state index contributed by atoms with van der Waals surface area (Å²) in [6.45, 7) is 6.47. The summed E-state index contributed by atoms with van der Waals surface area (Å²) in [5, 5.41) is 0.0780. The van der Waals surface area contributed by atoms with Crippen molar-refractivity contribution in [2.24, 2.45) is 17.1 Å². The fourth-order valence-electron chi connectivity index (χ4n) is 5.95. The van der Waals surface area contributed by atoms with Gasteiger partial charge in [0.15, 0.2) is 11.0 Å². The lowest BCUT2D eigenvalue weighted by Gasteiger charge is -2.42. The van der Waals surface area contributed by atoms with Crippen LogP contribution >= 0.6 is 11.6 Å². The summed E-state index contributed by atoms with van der Waals surface area (Å²) in [5.74, 6) is -1.12. The molecule has 0 spiro atoms. The van der Waals surface area contributed by atoms with E-state index in [1.807, 2.05) is 18.7 Å². The minimum atomic E-state index is -0.888. The highest BCUT2D eigenvalue weighted by Crippen LogP contribution is 2.41. The Labute approximate surface area is 201 Å². The first-order chi connectivity index (χ1) is 16.1. The van der Waals surface area contributed by atoms with Gasteiger partial charge in [-0.05, 0) is 31.2 Å². The molecule has 0 bridgehead atoms. The number of alkyl halides is 1. The van der Waals surface area contributed by atoms with E-state index in [4.69, 9.17) is 22.1 Å². The first-order valence-electron chi connectivity index (χ1n) is 11.6. The molecular formula is C23H29ClF2N6O2. The molecule has 34 heavy (non-hydrogen) atoms. The van der Waals surface area contributed by atoms with E-state index in [0.717, 1.165) is 19.4 Å². The van der Waals surface area contributed by atoms with Crippen LogP contribution in [0, 0.1) is 17.2 Å². The number of aromatic nitrogens is 3. The Bertz CT molecular complexity index is 1130. The molecule has 2 aromatic rings. The number of pyridine rings is 1. The number of carbonyl (C=O) groups is 1. The van der Waals surface area contributed by atoms with Crippen LogP contribution < -0.4 is 15.4 Å². The number of amides is 1. The second-order valence-electron chi connectivity index (χ2n) is 10.7. The van der Waals surface area contributed by atoms with Crippen LogP contribution in [-0.4, -0.2) is 70.3 Å². The summed E-state index contributed by atoms with van der Waals surface area (Å²) in [5.41, 5.74) is 5.02. The van der Waals surface area contributed by atoms with Crippen molar-refractivity contribution in [1.29, 1.82) is 0 Å². The van der Waals surface area contributed by atoms with Gasteiger partial charge in [0.05, 0.1) is 16.8 Å². The number of piperidine rings is 1. The molecule has 11 heteroatoms. The van der Waals surface area contributed by atoms with E-state index < -0.39 is 17.5 Å². The van der Waals surface area contributed by atoms with Gasteiger partial charge >= 0.3 is 6.01 Å². The first-order valence-corrected chi connectivity index (χ1v) is 12.0. The Morgan fingerprint density at radius 2 is 2.12 bits per heavy atom. The standard InChI is InChI=1S/C23H29ClF2N6O2/c1-22(2)6-13(19(27)33)9-31(11-22)20-15-8-28-18(24)16(26)17(15)29-21(30-20)34-12-23-4-3-5-32(23)10-14(25)7-23/h8,13-14H,3-7,9-12H2,1-2H3,(H2,27,33)/t13?,14-,23+/m1/s1. The maximum Gasteiger partial charge on any atom is 0.319 e. The lowest BCUT2D eigenvalue weighted by Crippen LogP contribution is -2.49. The SMILES string of the molecule is CC1(C)CC(C(N)=O)CN(c2nc(OC[C@@]34CCCN3C[C@H](F)C4)nc3c(F)c(Cl)ncc23)C1. The molecule has 3 saturated heterocycles. The molecule has 3 fully saturated rings. The number of fused-ring (bicyclic) bond motifs is 2. The summed E-state index contributed by atoms with van der Waals surface area (Å²) < 4.78 is 35.2. The number of primary amides is 1. The van der Waals surface area contributed by atoms with E-state index in [9.17, 15) is 13.6 Å². The van der Waals surface area contributed by atoms with Gasteiger partial charge < -0.3 is 15.4 Å². The van der Waals surface area contributed by atoms with E-state index in [1.54, 1.807) is 0 Å². The predicted octanol–water partition coefficient (Wildman–Crippen LogP) is 3.11. The molecule has 3 aliphatic rings. The number of halogens is 3. The third kappa shape index (κ3) is 4.15. The summed E-state index contributed by atoms with van der Waals surface area (Å²) in [6, 6.07) is -0.00814. The van der Waals surface area contributed by atoms with Crippen molar-refractivity contribution in [3.05, 3.63) is 17.2 Å². The number of anilines is 1. The number of hydrogen-bond acceptors (Lipinski definition) is 7. The van der Waals surface area contributed by atoms with Crippen LogP contribution in [0.4, 0.5) is 14.6 Å². The molecule has 0 aromatic carbocycles. The van der Waals surface area contributed by atoms with Crippen LogP contribution in [-0.2, 0) is 4.79 Å². The molecule has 0 aliphatic carbocycles. The molecule has 8 nitrogen and oxygen atoms in total. The number of hydrogen-bond donors (Lipinski definition) is 1. The molecule has 5 rings (SSSR count). The van der Waals surface area contributed by atoms with E-state index in [-0.39, 0.29) is 40.5 Å². The summed E-state index contributed by atoms with van der Waals surface area (Å²) in [6.07, 6.45) is 3.40. The van der Waals surface area contributed by atoms with Gasteiger partial charge in [0, 0.05) is 32.3 Å². The van der Waals surface area contributed by atoms with Gasteiger partial charge in [0.1, 0.15) is 24.1 Å². The first kappa shape index (κ1) is 23.4. The van der Waals surface area contributed by atoms with Gasteiger partial charge in [-0.3, -0.25) is 9.69 Å². The van der Waals surface area contributed by atoms with E-state index in [2.05, 4.69) is 19.9 Å². The summed E-state index contributed by atoms with van der Waals surface area (Å²) in [7, 11) is 0. The highest BCUT2D eigenvalue weighted by atomic mass is 35.5. The second-order valence-corrected chi connectivity index (χ2v) is 11.0. The third-order valence-corrected chi connectivity index (χ3v) is 7.66. The van der Waals surface area contributed by atoms with Crippen LogP contribution in [0.1, 0.15) is 39.5 Å². The van der Waals surface area contributed by atoms with Crippen molar-refractivity contribution in [1.82, 2.24) is 19.9 Å². The Kier molecular flexibility index (Phi) is 5.79. The smallest absolute Gasteiger partial charge is 0.319 e. The van der Waals surface area contributed by atoms with E-state index >= 15 is 0 Å². The van der Waals surface area contributed by atoms with Crippen LogP contribution in [0.15, 0.2) is 6.20 Å². The fourth-order valence-corrected chi connectivity index (χ4v) is 6.09. The molecule has 2 N–H and O–H groups in total.